The van der Waals surface area contributed by atoms with Gasteiger partial charge in [0.15, 0.2) is 0 Å². The van der Waals surface area contributed by atoms with E-state index in [1.54, 1.807) is 0 Å². The highest BCUT2D eigenvalue weighted by Gasteiger charge is 2.28. The lowest BCUT2D eigenvalue weighted by atomic mass is 10.0. The molecule has 3 amide bonds. The number of H-pyrrole nitrogens is 1. The van der Waals surface area contributed by atoms with Crippen LogP contribution < -0.4 is 21.7 Å². The number of carbonyl (C=O) groups is 4. The number of nitrogens with zero attached hydrogens (tertiary/aromatic N) is 1. The van der Waals surface area contributed by atoms with Gasteiger partial charge in [-0.15, -0.1) is 0 Å². The van der Waals surface area contributed by atoms with Crippen molar-refractivity contribution < 1.29 is 29.4 Å². The van der Waals surface area contributed by atoms with Crippen LogP contribution in [0.1, 0.15) is 32.9 Å². The lowest BCUT2D eigenvalue weighted by molar-refractivity contribution is -0.142. The molecule has 0 radical (unpaired) electrons. The molecule has 1 heterocycles. The highest BCUT2D eigenvalue weighted by Crippen LogP contribution is 2.06. The lowest BCUT2D eigenvalue weighted by Gasteiger charge is -2.24. The third kappa shape index (κ3) is 8.17. The number of carbonyl (C=O) groups excluding carboxylic acids is 3. The van der Waals surface area contributed by atoms with Crippen LogP contribution in [0.4, 0.5) is 0 Å². The van der Waals surface area contributed by atoms with E-state index in [0.717, 1.165) is 0 Å². The molecule has 0 aliphatic heterocycles. The Bertz CT molecular complexity index is 723. The van der Waals surface area contributed by atoms with Crippen molar-refractivity contribution in [2.45, 2.75) is 57.8 Å². The number of aliphatic hydroxyl groups is 1. The average molecular weight is 426 g/mol. The topological polar surface area (TPSA) is 200 Å². The summed E-state index contributed by atoms with van der Waals surface area (Å²) in [5.41, 5.74) is 5.99. The number of aromatic amines is 1. The molecule has 1 rings (SSSR count). The van der Waals surface area contributed by atoms with E-state index in [9.17, 15) is 24.3 Å². The Balaban J connectivity index is 2.73. The fourth-order valence-corrected chi connectivity index (χ4v) is 2.56. The van der Waals surface area contributed by atoms with Crippen LogP contribution in [-0.2, 0) is 25.6 Å². The molecule has 0 aliphatic rings. The molecule has 0 saturated carbocycles. The molecule has 0 spiro atoms. The molecular formula is C18H30N6O6. The van der Waals surface area contributed by atoms with Gasteiger partial charge in [-0.3, -0.25) is 14.4 Å². The minimum atomic E-state index is -1.24. The Labute approximate surface area is 174 Å². The van der Waals surface area contributed by atoms with Crippen molar-refractivity contribution in [3.05, 3.63) is 18.2 Å². The van der Waals surface area contributed by atoms with Crippen molar-refractivity contribution in [3.63, 3.8) is 0 Å². The Morgan fingerprint density at radius 3 is 2.20 bits per heavy atom. The highest BCUT2D eigenvalue weighted by molar-refractivity contribution is 5.93. The number of aliphatic carboxylic acids is 1. The predicted octanol–water partition coefficient (Wildman–Crippen LogP) is -2.12. The minimum absolute atomic E-state index is 0.00712. The maximum atomic E-state index is 12.6. The van der Waals surface area contributed by atoms with Gasteiger partial charge in [0.25, 0.3) is 0 Å². The number of carboxylic acid groups (broad SMARTS) is 1. The molecule has 1 aromatic heterocycles. The monoisotopic (exact) mass is 426 g/mol. The zero-order valence-corrected chi connectivity index (χ0v) is 17.2. The predicted molar refractivity (Wildman–Crippen MR) is 106 cm³/mol. The van der Waals surface area contributed by atoms with Crippen LogP contribution >= 0.6 is 0 Å². The van der Waals surface area contributed by atoms with Crippen LogP contribution in [0.25, 0.3) is 0 Å². The lowest BCUT2D eigenvalue weighted by Crippen LogP contribution is -2.57. The number of hydrogen-bond acceptors (Lipinski definition) is 7. The molecule has 0 aliphatic carbocycles. The van der Waals surface area contributed by atoms with Gasteiger partial charge >= 0.3 is 5.97 Å². The van der Waals surface area contributed by atoms with E-state index in [2.05, 4.69) is 25.9 Å². The number of carboxylic acids is 1. The Morgan fingerprint density at radius 1 is 1.07 bits per heavy atom. The van der Waals surface area contributed by atoms with Crippen molar-refractivity contribution >= 4 is 23.7 Å². The molecule has 0 aromatic carbocycles. The first-order valence-electron chi connectivity index (χ1n) is 9.52. The number of aliphatic hydroxyl groups excluding tert-OH is 1. The third-order valence-electron chi connectivity index (χ3n) is 4.22. The number of hydrogen-bond donors (Lipinski definition) is 7. The van der Waals surface area contributed by atoms with Crippen LogP contribution in [0, 0.1) is 5.92 Å². The van der Waals surface area contributed by atoms with E-state index in [-0.39, 0.29) is 18.8 Å². The van der Waals surface area contributed by atoms with E-state index in [1.807, 2.05) is 13.8 Å². The molecule has 168 valence electrons. The molecule has 0 bridgehead atoms. The fourth-order valence-electron chi connectivity index (χ4n) is 2.56. The minimum Gasteiger partial charge on any atom is -0.480 e. The Morgan fingerprint density at radius 2 is 1.70 bits per heavy atom. The van der Waals surface area contributed by atoms with E-state index in [1.165, 1.54) is 19.4 Å². The summed E-state index contributed by atoms with van der Waals surface area (Å²) in [6.07, 6.45) is 3.11. The molecule has 4 unspecified atom stereocenters. The molecule has 8 N–H and O–H groups in total. The van der Waals surface area contributed by atoms with Gasteiger partial charge in [-0.2, -0.15) is 0 Å². The summed E-state index contributed by atoms with van der Waals surface area (Å²) in [4.78, 5) is 54.9. The first kappa shape index (κ1) is 25.0. The van der Waals surface area contributed by atoms with Gasteiger partial charge in [-0.25, -0.2) is 9.78 Å². The van der Waals surface area contributed by atoms with E-state index in [0.29, 0.717) is 5.69 Å². The van der Waals surface area contributed by atoms with E-state index >= 15 is 0 Å². The van der Waals surface area contributed by atoms with Gasteiger partial charge in [-0.1, -0.05) is 13.8 Å². The smallest absolute Gasteiger partial charge is 0.326 e. The first-order valence-corrected chi connectivity index (χ1v) is 9.52. The van der Waals surface area contributed by atoms with Crippen molar-refractivity contribution in [2.75, 3.05) is 6.61 Å². The van der Waals surface area contributed by atoms with Crippen LogP contribution in [0.3, 0.4) is 0 Å². The third-order valence-corrected chi connectivity index (χ3v) is 4.22. The fraction of sp³-hybridized carbons (Fsp3) is 0.611. The summed E-state index contributed by atoms with van der Waals surface area (Å²) >= 11 is 0. The highest BCUT2D eigenvalue weighted by atomic mass is 16.4. The Kier molecular flexibility index (Phi) is 9.92. The number of nitrogens with two attached hydrogens (primary N) is 1. The molecule has 0 fully saturated rings. The summed E-state index contributed by atoms with van der Waals surface area (Å²) < 4.78 is 0. The molecule has 12 heteroatoms. The van der Waals surface area contributed by atoms with Gasteiger partial charge in [0.05, 0.1) is 12.9 Å². The second kappa shape index (κ2) is 11.9. The molecule has 0 saturated heterocycles. The van der Waals surface area contributed by atoms with Gasteiger partial charge in [0.1, 0.15) is 24.2 Å². The van der Waals surface area contributed by atoms with Gasteiger partial charge < -0.3 is 36.9 Å². The molecule has 12 nitrogen and oxygen atoms in total. The largest absolute Gasteiger partial charge is 0.480 e. The van der Waals surface area contributed by atoms with Crippen LogP contribution in [0.2, 0.25) is 0 Å². The quantitative estimate of drug-likeness (QED) is 0.196. The number of aromatic nitrogens is 2. The summed E-state index contributed by atoms with van der Waals surface area (Å²) in [6.45, 7) is 4.52. The average Bonchev–Trinajstić information content (AvgIpc) is 3.18. The van der Waals surface area contributed by atoms with Gasteiger partial charge in [0, 0.05) is 18.3 Å². The molecule has 4 atom stereocenters. The van der Waals surface area contributed by atoms with Crippen molar-refractivity contribution in [1.82, 2.24) is 25.9 Å². The zero-order valence-electron chi connectivity index (χ0n) is 17.2. The normalized spacial score (nSPS) is 15.0. The standard InChI is InChI=1S/C18H30N6O6/c1-9(2)4-13(23-16(27)12(19)7-25)17(28)22-10(3)15(26)24-14(18(29)30)5-11-6-20-8-21-11/h6,8-10,12-14,25H,4-5,7,19H2,1-3H3,(H,20,21)(H,22,28)(H,23,27)(H,24,26)(H,29,30). The zero-order chi connectivity index (χ0) is 22.8. The van der Waals surface area contributed by atoms with E-state index < -0.39 is 54.5 Å². The van der Waals surface area contributed by atoms with Crippen molar-refractivity contribution in [2.24, 2.45) is 11.7 Å². The number of rotatable bonds is 12. The van der Waals surface area contributed by atoms with Crippen LogP contribution in [-0.4, -0.2) is 74.6 Å². The second-order valence-corrected chi connectivity index (χ2v) is 7.39. The molecule has 30 heavy (non-hydrogen) atoms. The Hall–Kier alpha value is -2.99. The molecule has 1 aromatic rings. The summed E-state index contributed by atoms with van der Waals surface area (Å²) in [5, 5.41) is 25.6. The van der Waals surface area contributed by atoms with Gasteiger partial charge in [0.2, 0.25) is 17.7 Å². The summed E-state index contributed by atoms with van der Waals surface area (Å²) in [7, 11) is 0. The SMILES string of the molecule is CC(C)CC(NC(=O)C(N)CO)C(=O)NC(C)C(=O)NC(Cc1cnc[nH]1)C(=O)O. The van der Waals surface area contributed by atoms with E-state index in [4.69, 9.17) is 10.8 Å². The van der Waals surface area contributed by atoms with Crippen molar-refractivity contribution in [1.29, 1.82) is 0 Å². The second-order valence-electron chi connectivity index (χ2n) is 7.39. The molecular weight excluding hydrogens is 396 g/mol. The van der Waals surface area contributed by atoms with Gasteiger partial charge in [-0.05, 0) is 19.3 Å². The number of amides is 3. The van der Waals surface area contributed by atoms with Crippen LogP contribution in [0.15, 0.2) is 12.5 Å². The van der Waals surface area contributed by atoms with Crippen molar-refractivity contribution in [3.8, 4) is 0 Å². The summed E-state index contributed by atoms with van der Waals surface area (Å²) in [6, 6.07) is -4.41. The first-order chi connectivity index (χ1) is 14.0. The maximum absolute atomic E-state index is 12.6. The van der Waals surface area contributed by atoms with Crippen LogP contribution in [0.5, 0.6) is 0 Å². The number of imidazole rings is 1. The summed E-state index contributed by atoms with van der Waals surface area (Å²) in [5.74, 6) is -3.20. The maximum Gasteiger partial charge on any atom is 0.326 e. The number of nitrogens with one attached hydrogen (secondary N) is 4.